The summed E-state index contributed by atoms with van der Waals surface area (Å²) in [7, 11) is 0. The molecule has 0 fully saturated rings. The van der Waals surface area contributed by atoms with E-state index in [4.69, 9.17) is 9.47 Å². The van der Waals surface area contributed by atoms with E-state index in [1.54, 1.807) is 0 Å². The molecule has 1 aliphatic carbocycles. The van der Waals surface area contributed by atoms with Crippen molar-refractivity contribution in [2.24, 2.45) is 5.92 Å². The molecular weight excluding hydrogens is 340 g/mol. The number of carbonyl (C=O) groups excluding carboxylic acids is 2. The Morgan fingerprint density at radius 2 is 2.00 bits per heavy atom. The number of aryl methyl sites for hydroxylation is 1. The molecule has 2 aliphatic rings. The van der Waals surface area contributed by atoms with Gasteiger partial charge in [-0.2, -0.15) is 0 Å². The van der Waals surface area contributed by atoms with Crippen LogP contribution in [0.2, 0.25) is 0 Å². The lowest BCUT2D eigenvalue weighted by atomic mass is 9.73. The van der Waals surface area contributed by atoms with Gasteiger partial charge in [0, 0.05) is 18.9 Å². The van der Waals surface area contributed by atoms with Gasteiger partial charge in [-0.15, -0.1) is 0 Å². The molecule has 1 aliphatic heterocycles. The van der Waals surface area contributed by atoms with Crippen molar-refractivity contribution < 1.29 is 19.1 Å². The number of hydrogen-bond acceptors (Lipinski definition) is 4. The molecule has 0 saturated carbocycles. The lowest BCUT2D eigenvalue weighted by Gasteiger charge is -2.40. The molecule has 1 aromatic rings. The number of Topliss-reactive ketones (excluding diaryl/α,β-unsaturated/α-hetero) is 1. The highest BCUT2D eigenvalue weighted by atomic mass is 16.5. The van der Waals surface area contributed by atoms with E-state index in [2.05, 4.69) is 19.9 Å². The first kappa shape index (κ1) is 19.7. The Bertz CT molecular complexity index is 801. The van der Waals surface area contributed by atoms with Gasteiger partial charge in [0.2, 0.25) is 0 Å². The Morgan fingerprint density at radius 3 is 2.67 bits per heavy atom. The predicted molar refractivity (Wildman–Crippen MR) is 106 cm³/mol. The number of benzene rings is 1. The lowest BCUT2D eigenvalue weighted by Crippen LogP contribution is -2.40. The summed E-state index contributed by atoms with van der Waals surface area (Å²) >= 11 is 0. The standard InChI is InChI=1S/C23H30O4/c1-6-7-8-9-16-12-19(26-15(3)24)21-17-10-14(2)11-18(25)22(17)23(4,5)27-20(21)13-16/h12-14H,6-11H2,1-5H3. The summed E-state index contributed by atoms with van der Waals surface area (Å²) in [5, 5.41) is 0. The van der Waals surface area contributed by atoms with Crippen molar-refractivity contribution in [2.75, 3.05) is 0 Å². The van der Waals surface area contributed by atoms with E-state index in [1.807, 2.05) is 19.9 Å². The lowest BCUT2D eigenvalue weighted by molar-refractivity contribution is -0.131. The molecule has 1 atom stereocenters. The third-order valence-electron chi connectivity index (χ3n) is 5.38. The number of esters is 1. The van der Waals surface area contributed by atoms with Crippen LogP contribution in [0, 0.1) is 5.92 Å². The van der Waals surface area contributed by atoms with Gasteiger partial charge in [0.15, 0.2) is 5.78 Å². The molecule has 0 spiro atoms. The van der Waals surface area contributed by atoms with Crippen LogP contribution >= 0.6 is 0 Å². The van der Waals surface area contributed by atoms with E-state index in [0.29, 0.717) is 12.2 Å². The van der Waals surface area contributed by atoms with Crippen LogP contribution in [0.4, 0.5) is 0 Å². The quantitative estimate of drug-likeness (QED) is 0.403. The van der Waals surface area contributed by atoms with Crippen LogP contribution in [0.5, 0.6) is 11.5 Å². The molecule has 0 aromatic heterocycles. The fourth-order valence-electron chi connectivity index (χ4n) is 4.34. The van der Waals surface area contributed by atoms with Crippen molar-refractivity contribution in [3.05, 3.63) is 28.8 Å². The molecule has 3 rings (SSSR count). The SMILES string of the molecule is CCCCCc1cc(OC(C)=O)c2c(c1)OC(C)(C)C1=C2CC(C)CC1=O. The van der Waals surface area contributed by atoms with Crippen molar-refractivity contribution in [3.63, 3.8) is 0 Å². The Hall–Kier alpha value is -2.10. The van der Waals surface area contributed by atoms with Crippen molar-refractivity contribution in [2.45, 2.75) is 78.7 Å². The molecule has 27 heavy (non-hydrogen) atoms. The molecule has 146 valence electrons. The molecule has 1 aromatic carbocycles. The summed E-state index contributed by atoms with van der Waals surface area (Å²) in [6.45, 7) is 9.59. The van der Waals surface area contributed by atoms with Gasteiger partial charge < -0.3 is 9.47 Å². The second-order valence-electron chi connectivity index (χ2n) is 8.42. The monoisotopic (exact) mass is 370 g/mol. The zero-order chi connectivity index (χ0) is 19.8. The number of ketones is 1. The van der Waals surface area contributed by atoms with E-state index in [0.717, 1.165) is 60.1 Å². The maximum absolute atomic E-state index is 12.8. The number of allylic oxidation sites excluding steroid dienone is 1. The first-order valence-corrected chi connectivity index (χ1v) is 10.0. The molecular formula is C23H30O4. The molecule has 4 heteroatoms. The second kappa shape index (κ2) is 7.49. The average Bonchev–Trinajstić information content (AvgIpc) is 2.52. The fourth-order valence-corrected chi connectivity index (χ4v) is 4.34. The van der Waals surface area contributed by atoms with E-state index < -0.39 is 5.60 Å². The minimum Gasteiger partial charge on any atom is -0.482 e. The van der Waals surface area contributed by atoms with Gasteiger partial charge >= 0.3 is 5.97 Å². The van der Waals surface area contributed by atoms with E-state index >= 15 is 0 Å². The van der Waals surface area contributed by atoms with Gasteiger partial charge in [-0.05, 0) is 62.3 Å². The Kier molecular flexibility index (Phi) is 5.45. The van der Waals surface area contributed by atoms with Crippen LogP contribution in [0.15, 0.2) is 17.7 Å². The van der Waals surface area contributed by atoms with Crippen LogP contribution in [-0.4, -0.2) is 17.4 Å². The zero-order valence-corrected chi connectivity index (χ0v) is 17.1. The van der Waals surface area contributed by atoms with Gasteiger partial charge in [-0.3, -0.25) is 9.59 Å². The Labute approximate surface area is 161 Å². The van der Waals surface area contributed by atoms with Gasteiger partial charge in [0.05, 0.1) is 5.56 Å². The second-order valence-corrected chi connectivity index (χ2v) is 8.42. The average molecular weight is 370 g/mol. The number of ether oxygens (including phenoxy) is 2. The molecule has 4 nitrogen and oxygen atoms in total. The zero-order valence-electron chi connectivity index (χ0n) is 17.1. The third-order valence-corrected chi connectivity index (χ3v) is 5.38. The smallest absolute Gasteiger partial charge is 0.308 e. The fraction of sp³-hybridized carbons (Fsp3) is 0.565. The molecule has 0 saturated heterocycles. The summed E-state index contributed by atoms with van der Waals surface area (Å²) in [6.07, 6.45) is 5.65. The van der Waals surface area contributed by atoms with Gasteiger partial charge in [0.25, 0.3) is 0 Å². The Morgan fingerprint density at radius 1 is 1.26 bits per heavy atom. The van der Waals surface area contributed by atoms with Crippen LogP contribution in [0.25, 0.3) is 5.57 Å². The van der Waals surface area contributed by atoms with Gasteiger partial charge in [-0.1, -0.05) is 26.7 Å². The van der Waals surface area contributed by atoms with E-state index in [1.165, 1.54) is 6.92 Å². The van der Waals surface area contributed by atoms with Crippen LogP contribution in [0.3, 0.4) is 0 Å². The largest absolute Gasteiger partial charge is 0.482 e. The van der Waals surface area contributed by atoms with E-state index in [-0.39, 0.29) is 17.7 Å². The van der Waals surface area contributed by atoms with Crippen molar-refractivity contribution in [3.8, 4) is 11.5 Å². The first-order valence-electron chi connectivity index (χ1n) is 10.0. The number of carbonyl (C=O) groups is 2. The first-order chi connectivity index (χ1) is 12.7. The topological polar surface area (TPSA) is 52.6 Å². The summed E-state index contributed by atoms with van der Waals surface area (Å²) in [6, 6.07) is 4.01. The number of rotatable bonds is 5. The van der Waals surface area contributed by atoms with Crippen LogP contribution in [-0.2, 0) is 16.0 Å². The molecule has 1 heterocycles. The minimum atomic E-state index is -0.672. The maximum atomic E-state index is 12.8. The molecule has 0 N–H and O–H groups in total. The van der Waals surface area contributed by atoms with Crippen molar-refractivity contribution >= 4 is 17.3 Å². The van der Waals surface area contributed by atoms with Crippen LogP contribution < -0.4 is 9.47 Å². The molecule has 0 radical (unpaired) electrons. The highest BCUT2D eigenvalue weighted by Crippen LogP contribution is 2.50. The number of hydrogen-bond donors (Lipinski definition) is 0. The summed E-state index contributed by atoms with van der Waals surface area (Å²) in [4.78, 5) is 24.5. The highest BCUT2D eigenvalue weighted by molar-refractivity contribution is 6.08. The molecule has 0 bridgehead atoms. The summed E-state index contributed by atoms with van der Waals surface area (Å²) in [5.41, 5.74) is 2.95. The number of fused-ring (bicyclic) bond motifs is 2. The predicted octanol–water partition coefficient (Wildman–Crippen LogP) is 5.27. The Balaban J connectivity index is 2.15. The highest BCUT2D eigenvalue weighted by Gasteiger charge is 2.43. The molecule has 1 unspecified atom stereocenters. The third kappa shape index (κ3) is 3.95. The van der Waals surface area contributed by atoms with Crippen molar-refractivity contribution in [1.82, 2.24) is 0 Å². The van der Waals surface area contributed by atoms with Crippen molar-refractivity contribution in [1.29, 1.82) is 0 Å². The summed E-state index contributed by atoms with van der Waals surface area (Å²) in [5.74, 6) is 1.31. The number of unbranched alkanes of at least 4 members (excludes halogenated alkanes) is 2. The maximum Gasteiger partial charge on any atom is 0.308 e. The van der Waals surface area contributed by atoms with Crippen LogP contribution in [0.1, 0.15) is 77.8 Å². The van der Waals surface area contributed by atoms with Gasteiger partial charge in [0.1, 0.15) is 17.1 Å². The molecule has 0 amide bonds. The minimum absolute atomic E-state index is 0.139. The van der Waals surface area contributed by atoms with Gasteiger partial charge in [-0.25, -0.2) is 0 Å². The summed E-state index contributed by atoms with van der Waals surface area (Å²) < 4.78 is 11.9. The normalized spacial score (nSPS) is 20.6. The van der Waals surface area contributed by atoms with E-state index in [9.17, 15) is 9.59 Å².